The van der Waals surface area contributed by atoms with E-state index in [1.54, 1.807) is 0 Å². The van der Waals surface area contributed by atoms with Crippen LogP contribution in [0.1, 0.15) is 31.0 Å². The van der Waals surface area contributed by atoms with E-state index in [0.29, 0.717) is 5.75 Å². The van der Waals surface area contributed by atoms with Gasteiger partial charge in [-0.2, -0.15) is 0 Å². The minimum absolute atomic E-state index is 0.160. The number of phenolic OH excluding ortho intramolecular Hbond substituents is 1. The van der Waals surface area contributed by atoms with Gasteiger partial charge in [0.2, 0.25) is 0 Å². The van der Waals surface area contributed by atoms with E-state index in [0.717, 1.165) is 30.9 Å². The van der Waals surface area contributed by atoms with Gasteiger partial charge in [0, 0.05) is 23.6 Å². The molecule has 1 heterocycles. The van der Waals surface area contributed by atoms with Crippen molar-refractivity contribution in [2.75, 3.05) is 19.8 Å². The quantitative estimate of drug-likeness (QED) is 0.842. The molecule has 0 spiro atoms. The second-order valence-electron chi connectivity index (χ2n) is 5.47. The number of hydrogen-bond donors (Lipinski definition) is 2. The van der Waals surface area contributed by atoms with Crippen molar-refractivity contribution in [3.05, 3.63) is 29.3 Å². The summed E-state index contributed by atoms with van der Waals surface area (Å²) in [5.41, 5.74) is 2.30. The lowest BCUT2D eigenvalue weighted by molar-refractivity contribution is -0.0999. The molecule has 0 amide bonds. The summed E-state index contributed by atoms with van der Waals surface area (Å²) in [5.74, 6) is 0.375. The third-order valence-corrected chi connectivity index (χ3v) is 3.39. The Bertz CT molecular complexity index is 399. The Morgan fingerprint density at radius 1 is 1.47 bits per heavy atom. The summed E-state index contributed by atoms with van der Waals surface area (Å²) >= 11 is 0. The second-order valence-corrected chi connectivity index (χ2v) is 5.47. The number of phenols is 1. The first-order valence-electron chi connectivity index (χ1n) is 6.11. The minimum Gasteiger partial charge on any atom is -0.508 e. The van der Waals surface area contributed by atoms with E-state index in [9.17, 15) is 5.11 Å². The highest BCUT2D eigenvalue weighted by Crippen LogP contribution is 2.28. The van der Waals surface area contributed by atoms with Crippen molar-refractivity contribution < 1.29 is 9.84 Å². The first-order valence-corrected chi connectivity index (χ1v) is 6.11. The van der Waals surface area contributed by atoms with Crippen LogP contribution in [0.3, 0.4) is 0 Å². The maximum atomic E-state index is 9.90. The molecule has 0 radical (unpaired) electrons. The van der Waals surface area contributed by atoms with E-state index in [2.05, 4.69) is 19.2 Å². The third kappa shape index (κ3) is 2.79. The SMILES string of the molecule is Cc1ccc(C(C)NCC2(C)COC2)c(O)c1. The number of aromatic hydroxyl groups is 1. The molecule has 2 rings (SSSR count). The molecule has 1 aliphatic rings. The van der Waals surface area contributed by atoms with Crippen molar-refractivity contribution >= 4 is 0 Å². The molecule has 0 aromatic heterocycles. The van der Waals surface area contributed by atoms with Crippen molar-refractivity contribution in [1.29, 1.82) is 0 Å². The molecule has 3 heteroatoms. The molecule has 1 fully saturated rings. The number of nitrogens with one attached hydrogen (secondary N) is 1. The van der Waals surface area contributed by atoms with Crippen LogP contribution < -0.4 is 5.32 Å². The van der Waals surface area contributed by atoms with Crippen LogP contribution in [0.2, 0.25) is 0 Å². The largest absolute Gasteiger partial charge is 0.508 e. The molecule has 1 unspecified atom stereocenters. The lowest BCUT2D eigenvalue weighted by atomic mass is 9.88. The molecule has 1 aliphatic heterocycles. The Balaban J connectivity index is 1.96. The predicted molar refractivity (Wildman–Crippen MR) is 68.2 cm³/mol. The Kier molecular flexibility index (Phi) is 3.40. The normalized spacial score (nSPS) is 19.7. The number of hydrogen-bond acceptors (Lipinski definition) is 3. The van der Waals surface area contributed by atoms with Gasteiger partial charge in [0.1, 0.15) is 5.75 Å². The first-order chi connectivity index (χ1) is 8.00. The summed E-state index contributed by atoms with van der Waals surface area (Å²) in [7, 11) is 0. The zero-order valence-corrected chi connectivity index (χ0v) is 10.8. The smallest absolute Gasteiger partial charge is 0.120 e. The minimum atomic E-state index is 0.160. The molecule has 3 nitrogen and oxygen atoms in total. The van der Waals surface area contributed by atoms with Gasteiger partial charge >= 0.3 is 0 Å². The van der Waals surface area contributed by atoms with Gasteiger partial charge in [-0.15, -0.1) is 0 Å². The number of ether oxygens (including phenoxy) is 1. The molecule has 2 N–H and O–H groups in total. The standard InChI is InChI=1S/C14H21NO2/c1-10-4-5-12(13(16)6-10)11(2)15-7-14(3)8-17-9-14/h4-6,11,15-16H,7-9H2,1-3H3. The summed E-state index contributed by atoms with van der Waals surface area (Å²) < 4.78 is 5.23. The monoisotopic (exact) mass is 235 g/mol. The maximum absolute atomic E-state index is 9.90. The highest BCUT2D eigenvalue weighted by Gasteiger charge is 2.33. The molecular formula is C14H21NO2. The topological polar surface area (TPSA) is 41.5 Å². The van der Waals surface area contributed by atoms with E-state index in [4.69, 9.17) is 4.74 Å². The Morgan fingerprint density at radius 3 is 2.71 bits per heavy atom. The summed E-state index contributed by atoms with van der Waals surface area (Å²) in [5, 5.41) is 13.4. The van der Waals surface area contributed by atoms with Crippen LogP contribution in [0, 0.1) is 12.3 Å². The highest BCUT2D eigenvalue weighted by molar-refractivity contribution is 5.37. The molecule has 1 saturated heterocycles. The van der Waals surface area contributed by atoms with Gasteiger partial charge in [0.25, 0.3) is 0 Å². The van der Waals surface area contributed by atoms with Gasteiger partial charge in [0.05, 0.1) is 13.2 Å². The van der Waals surface area contributed by atoms with E-state index in [1.165, 1.54) is 0 Å². The summed E-state index contributed by atoms with van der Waals surface area (Å²) in [6.07, 6.45) is 0. The first kappa shape index (κ1) is 12.4. The number of rotatable bonds is 4. The van der Waals surface area contributed by atoms with Crippen LogP contribution >= 0.6 is 0 Å². The van der Waals surface area contributed by atoms with E-state index in [-0.39, 0.29) is 11.5 Å². The van der Waals surface area contributed by atoms with Crippen LogP contribution in [0.15, 0.2) is 18.2 Å². The van der Waals surface area contributed by atoms with Crippen molar-refractivity contribution in [2.24, 2.45) is 5.41 Å². The average molecular weight is 235 g/mol. The lowest BCUT2D eigenvalue weighted by Crippen LogP contribution is -2.47. The van der Waals surface area contributed by atoms with Gasteiger partial charge < -0.3 is 15.2 Å². The molecule has 94 valence electrons. The molecular weight excluding hydrogens is 214 g/mol. The van der Waals surface area contributed by atoms with E-state index in [1.807, 2.05) is 25.1 Å². The van der Waals surface area contributed by atoms with Gasteiger partial charge in [-0.05, 0) is 25.5 Å². The number of benzene rings is 1. The van der Waals surface area contributed by atoms with Crippen LogP contribution in [0.25, 0.3) is 0 Å². The van der Waals surface area contributed by atoms with Crippen LogP contribution in [-0.4, -0.2) is 24.9 Å². The summed E-state index contributed by atoms with van der Waals surface area (Å²) in [6, 6.07) is 5.98. The fraction of sp³-hybridized carbons (Fsp3) is 0.571. The van der Waals surface area contributed by atoms with Crippen molar-refractivity contribution in [2.45, 2.75) is 26.8 Å². The zero-order chi connectivity index (χ0) is 12.5. The van der Waals surface area contributed by atoms with E-state index < -0.39 is 0 Å². The van der Waals surface area contributed by atoms with E-state index >= 15 is 0 Å². The molecule has 17 heavy (non-hydrogen) atoms. The van der Waals surface area contributed by atoms with Gasteiger partial charge in [-0.25, -0.2) is 0 Å². The molecule has 1 atom stereocenters. The van der Waals surface area contributed by atoms with Crippen molar-refractivity contribution in [3.8, 4) is 5.75 Å². The summed E-state index contributed by atoms with van der Waals surface area (Å²) in [4.78, 5) is 0. The Labute approximate surface area is 103 Å². The fourth-order valence-electron chi connectivity index (χ4n) is 2.08. The van der Waals surface area contributed by atoms with Gasteiger partial charge in [-0.3, -0.25) is 0 Å². The van der Waals surface area contributed by atoms with Gasteiger partial charge in [-0.1, -0.05) is 19.1 Å². The predicted octanol–water partition coefficient (Wildman–Crippen LogP) is 2.39. The Morgan fingerprint density at radius 2 is 2.18 bits per heavy atom. The van der Waals surface area contributed by atoms with Crippen LogP contribution in [0.4, 0.5) is 0 Å². The third-order valence-electron chi connectivity index (χ3n) is 3.39. The molecule has 0 aliphatic carbocycles. The highest BCUT2D eigenvalue weighted by atomic mass is 16.5. The van der Waals surface area contributed by atoms with Crippen LogP contribution in [0.5, 0.6) is 5.75 Å². The summed E-state index contributed by atoms with van der Waals surface area (Å²) in [6.45, 7) is 8.84. The number of aryl methyl sites for hydroxylation is 1. The van der Waals surface area contributed by atoms with Crippen molar-refractivity contribution in [1.82, 2.24) is 5.32 Å². The fourth-order valence-corrected chi connectivity index (χ4v) is 2.08. The molecule has 0 bridgehead atoms. The second kappa shape index (κ2) is 4.67. The van der Waals surface area contributed by atoms with Gasteiger partial charge in [0.15, 0.2) is 0 Å². The van der Waals surface area contributed by atoms with Crippen LogP contribution in [-0.2, 0) is 4.74 Å². The zero-order valence-electron chi connectivity index (χ0n) is 10.8. The average Bonchev–Trinajstić information content (AvgIpc) is 2.23. The van der Waals surface area contributed by atoms with Crippen molar-refractivity contribution in [3.63, 3.8) is 0 Å². The molecule has 0 saturated carbocycles. The maximum Gasteiger partial charge on any atom is 0.120 e. The lowest BCUT2D eigenvalue weighted by Gasteiger charge is -2.39. The molecule has 1 aromatic rings. The Hall–Kier alpha value is -1.06. The molecule has 1 aromatic carbocycles.